The van der Waals surface area contributed by atoms with Gasteiger partial charge < -0.3 is 20.5 Å². The van der Waals surface area contributed by atoms with Crippen LogP contribution in [0.2, 0.25) is 0 Å². The van der Waals surface area contributed by atoms with Gasteiger partial charge in [-0.05, 0) is 33.6 Å². The Kier molecular flexibility index (Phi) is 5.61. The molecule has 1 aromatic heterocycles. The van der Waals surface area contributed by atoms with Crippen LogP contribution >= 0.6 is 0 Å². The average molecular weight is 338 g/mol. The van der Waals surface area contributed by atoms with E-state index in [0.29, 0.717) is 38.3 Å². The number of rotatable bonds is 6. The molecule has 1 aliphatic heterocycles. The predicted octanol–water partition coefficient (Wildman–Crippen LogP) is 0.875. The number of esters is 1. The predicted molar refractivity (Wildman–Crippen MR) is 88.4 cm³/mol. The van der Waals surface area contributed by atoms with E-state index in [0.717, 1.165) is 0 Å². The molecule has 0 saturated carbocycles. The first kappa shape index (κ1) is 18.4. The third-order valence-electron chi connectivity index (χ3n) is 4.51. The van der Waals surface area contributed by atoms with Crippen molar-refractivity contribution < 1.29 is 19.1 Å². The quantitative estimate of drug-likeness (QED) is 0.745. The van der Waals surface area contributed by atoms with E-state index in [1.807, 2.05) is 0 Å². The molecule has 0 bridgehead atoms. The normalized spacial score (nSPS) is 17.3. The van der Waals surface area contributed by atoms with Crippen LogP contribution in [-0.4, -0.2) is 48.0 Å². The second kappa shape index (κ2) is 7.31. The SMILES string of the molecule is CCOC(=O)C(C)(C)n1cc(NC(=O)C2(CN)CCOCC2)cn1. The Morgan fingerprint density at radius 1 is 1.46 bits per heavy atom. The van der Waals surface area contributed by atoms with Gasteiger partial charge in [0.1, 0.15) is 0 Å². The minimum Gasteiger partial charge on any atom is -0.464 e. The van der Waals surface area contributed by atoms with Crippen molar-refractivity contribution in [1.29, 1.82) is 0 Å². The number of aromatic nitrogens is 2. The Morgan fingerprint density at radius 3 is 2.71 bits per heavy atom. The monoisotopic (exact) mass is 338 g/mol. The highest BCUT2D eigenvalue weighted by Gasteiger charge is 2.39. The van der Waals surface area contributed by atoms with Crippen molar-refractivity contribution in [2.75, 3.05) is 31.7 Å². The highest BCUT2D eigenvalue weighted by Crippen LogP contribution is 2.31. The molecule has 0 aliphatic carbocycles. The zero-order chi connectivity index (χ0) is 17.8. The number of nitrogens with one attached hydrogen (secondary N) is 1. The largest absolute Gasteiger partial charge is 0.464 e. The van der Waals surface area contributed by atoms with Gasteiger partial charge in [0.2, 0.25) is 5.91 Å². The topological polar surface area (TPSA) is 108 Å². The van der Waals surface area contributed by atoms with Crippen LogP contribution in [0, 0.1) is 5.41 Å². The molecule has 1 fully saturated rings. The molecule has 0 atom stereocenters. The van der Waals surface area contributed by atoms with Crippen molar-refractivity contribution >= 4 is 17.6 Å². The Hall–Kier alpha value is -1.93. The van der Waals surface area contributed by atoms with E-state index >= 15 is 0 Å². The highest BCUT2D eigenvalue weighted by molar-refractivity contribution is 5.95. The molecule has 2 rings (SSSR count). The molecular formula is C16H26N4O4. The molecule has 2 heterocycles. The van der Waals surface area contributed by atoms with Crippen molar-refractivity contribution in [2.45, 2.75) is 39.2 Å². The zero-order valence-electron chi connectivity index (χ0n) is 14.5. The van der Waals surface area contributed by atoms with E-state index in [2.05, 4.69) is 10.4 Å². The number of carbonyl (C=O) groups excluding carboxylic acids is 2. The van der Waals surface area contributed by atoms with Gasteiger partial charge in [0.15, 0.2) is 5.54 Å². The summed E-state index contributed by atoms with van der Waals surface area (Å²) < 4.78 is 11.9. The molecule has 1 aromatic rings. The van der Waals surface area contributed by atoms with Gasteiger partial charge in [-0.2, -0.15) is 5.10 Å². The summed E-state index contributed by atoms with van der Waals surface area (Å²) in [6, 6.07) is 0. The van der Waals surface area contributed by atoms with Gasteiger partial charge in [-0.1, -0.05) is 0 Å². The average Bonchev–Trinajstić information content (AvgIpc) is 3.05. The lowest BCUT2D eigenvalue weighted by atomic mass is 9.79. The van der Waals surface area contributed by atoms with Crippen molar-refractivity contribution in [1.82, 2.24) is 9.78 Å². The fourth-order valence-corrected chi connectivity index (χ4v) is 2.64. The maximum Gasteiger partial charge on any atom is 0.333 e. The summed E-state index contributed by atoms with van der Waals surface area (Å²) in [5, 5.41) is 7.04. The lowest BCUT2D eigenvalue weighted by Crippen LogP contribution is -2.46. The Morgan fingerprint density at radius 2 is 2.12 bits per heavy atom. The molecule has 1 saturated heterocycles. The molecule has 8 heteroatoms. The summed E-state index contributed by atoms with van der Waals surface area (Å²) >= 11 is 0. The van der Waals surface area contributed by atoms with Gasteiger partial charge in [0.25, 0.3) is 0 Å². The van der Waals surface area contributed by atoms with Gasteiger partial charge >= 0.3 is 5.97 Å². The van der Waals surface area contributed by atoms with Crippen LogP contribution in [0.15, 0.2) is 12.4 Å². The molecule has 24 heavy (non-hydrogen) atoms. The molecule has 3 N–H and O–H groups in total. The number of anilines is 1. The molecule has 8 nitrogen and oxygen atoms in total. The fraction of sp³-hybridized carbons (Fsp3) is 0.688. The Balaban J connectivity index is 2.10. The second-order valence-corrected chi connectivity index (χ2v) is 6.50. The minimum atomic E-state index is -0.955. The van der Waals surface area contributed by atoms with E-state index in [1.165, 1.54) is 10.9 Å². The third-order valence-corrected chi connectivity index (χ3v) is 4.51. The van der Waals surface area contributed by atoms with E-state index in [1.54, 1.807) is 27.0 Å². The van der Waals surface area contributed by atoms with Crippen LogP contribution in [0.25, 0.3) is 0 Å². The standard InChI is InChI=1S/C16H26N4O4/c1-4-24-14(22)15(2,3)20-10-12(9-18-20)19-13(21)16(11-17)5-7-23-8-6-16/h9-10H,4-8,11,17H2,1-3H3,(H,19,21). The van der Waals surface area contributed by atoms with E-state index in [4.69, 9.17) is 15.2 Å². The van der Waals surface area contributed by atoms with Gasteiger partial charge in [-0.25, -0.2) is 4.79 Å². The molecule has 134 valence electrons. The Labute approximate surface area is 141 Å². The smallest absolute Gasteiger partial charge is 0.333 e. The second-order valence-electron chi connectivity index (χ2n) is 6.50. The zero-order valence-corrected chi connectivity index (χ0v) is 14.5. The summed E-state index contributed by atoms with van der Waals surface area (Å²) in [4.78, 5) is 24.7. The van der Waals surface area contributed by atoms with Gasteiger partial charge in [0.05, 0.1) is 23.9 Å². The van der Waals surface area contributed by atoms with E-state index in [9.17, 15) is 9.59 Å². The van der Waals surface area contributed by atoms with Crippen LogP contribution in [-0.2, 0) is 24.6 Å². The molecule has 0 aromatic carbocycles. The summed E-state index contributed by atoms with van der Waals surface area (Å²) in [6.07, 6.45) is 4.33. The molecular weight excluding hydrogens is 312 g/mol. The summed E-state index contributed by atoms with van der Waals surface area (Å²) in [7, 11) is 0. The molecule has 0 spiro atoms. The van der Waals surface area contributed by atoms with Crippen LogP contribution in [0.3, 0.4) is 0 Å². The maximum atomic E-state index is 12.6. The number of amides is 1. The van der Waals surface area contributed by atoms with Crippen LogP contribution in [0.4, 0.5) is 5.69 Å². The molecule has 1 amide bonds. The lowest BCUT2D eigenvalue weighted by molar-refractivity contribution is -0.152. The first-order valence-corrected chi connectivity index (χ1v) is 8.17. The molecule has 0 radical (unpaired) electrons. The molecule has 1 aliphatic rings. The number of nitrogens with zero attached hydrogens (tertiary/aromatic N) is 2. The summed E-state index contributed by atoms with van der Waals surface area (Å²) in [5.41, 5.74) is 4.80. The summed E-state index contributed by atoms with van der Waals surface area (Å²) in [6.45, 7) is 6.80. The lowest BCUT2D eigenvalue weighted by Gasteiger charge is -2.34. The fourth-order valence-electron chi connectivity index (χ4n) is 2.64. The van der Waals surface area contributed by atoms with E-state index < -0.39 is 11.0 Å². The van der Waals surface area contributed by atoms with Gasteiger partial charge in [0, 0.05) is 26.0 Å². The third kappa shape index (κ3) is 3.59. The van der Waals surface area contributed by atoms with Crippen molar-refractivity contribution in [3.8, 4) is 0 Å². The van der Waals surface area contributed by atoms with Crippen molar-refractivity contribution in [3.05, 3.63) is 12.4 Å². The summed E-state index contributed by atoms with van der Waals surface area (Å²) in [5.74, 6) is -0.518. The first-order valence-electron chi connectivity index (χ1n) is 8.17. The van der Waals surface area contributed by atoms with Crippen molar-refractivity contribution in [2.24, 2.45) is 11.1 Å². The van der Waals surface area contributed by atoms with Crippen molar-refractivity contribution in [3.63, 3.8) is 0 Å². The number of hydrogen-bond acceptors (Lipinski definition) is 6. The first-order chi connectivity index (χ1) is 11.4. The highest BCUT2D eigenvalue weighted by atomic mass is 16.5. The van der Waals surface area contributed by atoms with Crippen LogP contribution in [0.1, 0.15) is 33.6 Å². The maximum absolute atomic E-state index is 12.6. The number of nitrogens with two attached hydrogens (primary N) is 1. The van der Waals surface area contributed by atoms with E-state index in [-0.39, 0.29) is 18.4 Å². The van der Waals surface area contributed by atoms with Crippen LogP contribution < -0.4 is 11.1 Å². The minimum absolute atomic E-state index is 0.137. The number of hydrogen-bond donors (Lipinski definition) is 2. The van der Waals surface area contributed by atoms with Gasteiger partial charge in [-0.3, -0.25) is 9.48 Å². The Bertz CT molecular complexity index is 591. The van der Waals surface area contributed by atoms with Gasteiger partial charge in [-0.15, -0.1) is 0 Å². The van der Waals surface area contributed by atoms with Crippen LogP contribution in [0.5, 0.6) is 0 Å². The number of carbonyl (C=O) groups is 2. The number of ether oxygens (including phenoxy) is 2. The molecule has 0 unspecified atom stereocenters.